The molecule has 2 rings (SSSR count). The van der Waals surface area contributed by atoms with Crippen molar-refractivity contribution in [1.82, 2.24) is 5.32 Å². The second-order valence-electron chi connectivity index (χ2n) is 5.60. The number of hydrogen-bond acceptors (Lipinski definition) is 2. The van der Waals surface area contributed by atoms with E-state index >= 15 is 0 Å². The van der Waals surface area contributed by atoms with Crippen LogP contribution in [0.3, 0.4) is 0 Å². The lowest BCUT2D eigenvalue weighted by molar-refractivity contribution is 0.415. The Morgan fingerprint density at radius 3 is 2.71 bits per heavy atom. The molecule has 0 heterocycles. The fraction of sp³-hybridized carbons (Fsp3) is 0.474. The summed E-state index contributed by atoms with van der Waals surface area (Å²) in [5, 5.41) is 6.25. The Hall–Kier alpha value is -1.54. The molecule has 1 atom stereocenters. The summed E-state index contributed by atoms with van der Waals surface area (Å²) in [6, 6.07) is 13.5. The molecule has 0 bridgehead atoms. The van der Waals surface area contributed by atoms with Gasteiger partial charge in [0.2, 0.25) is 0 Å². The molecule has 1 unspecified atom stereocenters. The first kappa shape index (κ1) is 15.8. The SMILES string of the molecule is CCCNC(CC)CCc1cccc2ccc(OC)cc12. The van der Waals surface area contributed by atoms with Gasteiger partial charge in [0.05, 0.1) is 7.11 Å². The molecule has 0 amide bonds. The fourth-order valence-electron chi connectivity index (χ4n) is 2.79. The van der Waals surface area contributed by atoms with Crippen LogP contribution in [0.25, 0.3) is 10.8 Å². The Balaban J connectivity index is 2.13. The van der Waals surface area contributed by atoms with Gasteiger partial charge >= 0.3 is 0 Å². The number of hydrogen-bond donors (Lipinski definition) is 1. The minimum atomic E-state index is 0.616. The van der Waals surface area contributed by atoms with Gasteiger partial charge in [0.1, 0.15) is 5.75 Å². The van der Waals surface area contributed by atoms with Crippen LogP contribution in [-0.4, -0.2) is 19.7 Å². The van der Waals surface area contributed by atoms with Gasteiger partial charge in [-0.25, -0.2) is 0 Å². The van der Waals surface area contributed by atoms with Crippen LogP contribution in [-0.2, 0) is 6.42 Å². The minimum Gasteiger partial charge on any atom is -0.497 e. The summed E-state index contributed by atoms with van der Waals surface area (Å²) < 4.78 is 5.36. The normalized spacial score (nSPS) is 12.5. The molecule has 0 fully saturated rings. The first-order valence-corrected chi connectivity index (χ1v) is 8.07. The molecular formula is C19H27NO. The number of aryl methyl sites for hydroxylation is 1. The van der Waals surface area contributed by atoms with Crippen molar-refractivity contribution in [2.75, 3.05) is 13.7 Å². The van der Waals surface area contributed by atoms with Gasteiger partial charge in [-0.2, -0.15) is 0 Å². The number of fused-ring (bicyclic) bond motifs is 1. The maximum Gasteiger partial charge on any atom is 0.119 e. The quantitative estimate of drug-likeness (QED) is 0.767. The Morgan fingerprint density at radius 1 is 1.14 bits per heavy atom. The lowest BCUT2D eigenvalue weighted by Gasteiger charge is -2.17. The van der Waals surface area contributed by atoms with Crippen LogP contribution in [0, 0.1) is 0 Å². The number of ether oxygens (including phenoxy) is 1. The van der Waals surface area contributed by atoms with Gasteiger partial charge in [0.25, 0.3) is 0 Å². The van der Waals surface area contributed by atoms with Crippen LogP contribution >= 0.6 is 0 Å². The van der Waals surface area contributed by atoms with E-state index in [1.54, 1.807) is 7.11 Å². The summed E-state index contributed by atoms with van der Waals surface area (Å²) in [5.74, 6) is 0.936. The van der Waals surface area contributed by atoms with Crippen LogP contribution in [0.2, 0.25) is 0 Å². The van der Waals surface area contributed by atoms with Crippen LogP contribution in [0.15, 0.2) is 36.4 Å². The molecule has 0 spiro atoms. The molecule has 0 aliphatic heterocycles. The predicted octanol–water partition coefficient (Wildman–Crippen LogP) is 4.56. The van der Waals surface area contributed by atoms with Crippen molar-refractivity contribution in [1.29, 1.82) is 0 Å². The van der Waals surface area contributed by atoms with Crippen molar-refractivity contribution >= 4 is 10.8 Å². The average molecular weight is 285 g/mol. The fourth-order valence-corrected chi connectivity index (χ4v) is 2.79. The average Bonchev–Trinajstić information content (AvgIpc) is 2.54. The number of nitrogens with one attached hydrogen (secondary N) is 1. The van der Waals surface area contributed by atoms with Crippen molar-refractivity contribution in [2.45, 2.75) is 45.6 Å². The zero-order valence-electron chi connectivity index (χ0n) is 13.5. The van der Waals surface area contributed by atoms with Gasteiger partial charge in [0.15, 0.2) is 0 Å². The Labute approximate surface area is 128 Å². The second kappa shape index (κ2) is 8.04. The van der Waals surface area contributed by atoms with Gasteiger partial charge in [-0.05, 0) is 60.7 Å². The predicted molar refractivity (Wildman–Crippen MR) is 91.2 cm³/mol. The lowest BCUT2D eigenvalue weighted by atomic mass is 9.98. The molecule has 1 N–H and O–H groups in total. The highest BCUT2D eigenvalue weighted by Gasteiger charge is 2.08. The zero-order valence-corrected chi connectivity index (χ0v) is 13.5. The Morgan fingerprint density at radius 2 is 2.00 bits per heavy atom. The maximum absolute atomic E-state index is 5.36. The Bertz CT molecular complexity index is 564. The van der Waals surface area contributed by atoms with Gasteiger partial charge in [-0.1, -0.05) is 38.1 Å². The summed E-state index contributed by atoms with van der Waals surface area (Å²) in [6.45, 7) is 5.60. The van der Waals surface area contributed by atoms with Gasteiger partial charge < -0.3 is 10.1 Å². The summed E-state index contributed by atoms with van der Waals surface area (Å²) >= 11 is 0. The molecule has 0 saturated heterocycles. The van der Waals surface area contributed by atoms with E-state index in [0.29, 0.717) is 6.04 Å². The van der Waals surface area contributed by atoms with Crippen molar-refractivity contribution < 1.29 is 4.74 Å². The van der Waals surface area contributed by atoms with Gasteiger partial charge in [-0.15, -0.1) is 0 Å². The molecule has 0 aliphatic carbocycles. The second-order valence-corrected chi connectivity index (χ2v) is 5.60. The van der Waals surface area contributed by atoms with E-state index in [2.05, 4.69) is 49.5 Å². The molecule has 2 aromatic carbocycles. The summed E-state index contributed by atoms with van der Waals surface area (Å²) in [4.78, 5) is 0. The maximum atomic E-state index is 5.36. The van der Waals surface area contributed by atoms with Crippen molar-refractivity contribution in [3.8, 4) is 5.75 Å². The zero-order chi connectivity index (χ0) is 15.1. The first-order chi connectivity index (χ1) is 10.3. The van der Waals surface area contributed by atoms with E-state index in [9.17, 15) is 0 Å². The summed E-state index contributed by atoms with van der Waals surface area (Å²) in [7, 11) is 1.73. The van der Waals surface area contributed by atoms with E-state index < -0.39 is 0 Å². The molecule has 114 valence electrons. The van der Waals surface area contributed by atoms with E-state index in [1.807, 2.05) is 6.07 Å². The highest BCUT2D eigenvalue weighted by Crippen LogP contribution is 2.25. The number of methoxy groups -OCH3 is 1. The van der Waals surface area contributed by atoms with Crippen LogP contribution in [0.5, 0.6) is 5.75 Å². The highest BCUT2D eigenvalue weighted by molar-refractivity contribution is 5.87. The molecule has 0 aromatic heterocycles. The third kappa shape index (κ3) is 4.21. The third-order valence-electron chi connectivity index (χ3n) is 4.12. The molecule has 2 heteroatoms. The smallest absolute Gasteiger partial charge is 0.119 e. The Kier molecular flexibility index (Phi) is 6.06. The molecule has 0 aliphatic rings. The molecule has 2 aromatic rings. The molecule has 0 radical (unpaired) electrons. The van der Waals surface area contributed by atoms with E-state index in [4.69, 9.17) is 4.74 Å². The third-order valence-corrected chi connectivity index (χ3v) is 4.12. The number of rotatable bonds is 8. The topological polar surface area (TPSA) is 21.3 Å². The summed E-state index contributed by atoms with van der Waals surface area (Å²) in [6.07, 6.45) is 4.68. The first-order valence-electron chi connectivity index (χ1n) is 8.07. The monoisotopic (exact) mass is 285 g/mol. The molecule has 0 saturated carbocycles. The minimum absolute atomic E-state index is 0.616. The number of benzene rings is 2. The van der Waals surface area contributed by atoms with Gasteiger partial charge in [-0.3, -0.25) is 0 Å². The molecular weight excluding hydrogens is 258 g/mol. The van der Waals surface area contributed by atoms with Crippen LogP contribution < -0.4 is 10.1 Å². The van der Waals surface area contributed by atoms with E-state index in [-0.39, 0.29) is 0 Å². The standard InChI is InChI=1S/C19H27NO/c1-4-13-20-17(5-2)11-9-15-7-6-8-16-10-12-18(21-3)14-19(15)16/h6-8,10,12,14,17,20H,4-5,9,11,13H2,1-3H3. The van der Waals surface area contributed by atoms with Gasteiger partial charge in [0, 0.05) is 6.04 Å². The largest absolute Gasteiger partial charge is 0.497 e. The van der Waals surface area contributed by atoms with E-state index in [0.717, 1.165) is 18.7 Å². The lowest BCUT2D eigenvalue weighted by Crippen LogP contribution is -2.29. The molecule has 2 nitrogen and oxygen atoms in total. The summed E-state index contributed by atoms with van der Waals surface area (Å²) in [5.41, 5.74) is 1.42. The van der Waals surface area contributed by atoms with Crippen molar-refractivity contribution in [2.24, 2.45) is 0 Å². The van der Waals surface area contributed by atoms with Crippen molar-refractivity contribution in [3.05, 3.63) is 42.0 Å². The van der Waals surface area contributed by atoms with E-state index in [1.165, 1.54) is 35.6 Å². The van der Waals surface area contributed by atoms with Crippen LogP contribution in [0.1, 0.15) is 38.7 Å². The van der Waals surface area contributed by atoms with Crippen molar-refractivity contribution in [3.63, 3.8) is 0 Å². The molecule has 21 heavy (non-hydrogen) atoms. The highest BCUT2D eigenvalue weighted by atomic mass is 16.5. The van der Waals surface area contributed by atoms with Crippen LogP contribution in [0.4, 0.5) is 0 Å².